The molecule has 0 aromatic carbocycles. The van der Waals surface area contributed by atoms with E-state index in [1.807, 2.05) is 0 Å². The number of aromatic nitrogens is 2. The van der Waals surface area contributed by atoms with E-state index < -0.39 is 11.1 Å². The van der Waals surface area contributed by atoms with Crippen LogP contribution in [0.4, 0.5) is 0 Å². The molecule has 3 rings (SSSR count). The van der Waals surface area contributed by atoms with Crippen LogP contribution in [0.1, 0.15) is 31.7 Å². The quantitative estimate of drug-likeness (QED) is 0.768. The number of ether oxygens (including phenoxy) is 1. The van der Waals surface area contributed by atoms with E-state index in [2.05, 4.69) is 23.2 Å². The molecule has 1 spiro atoms. The highest BCUT2D eigenvalue weighted by molar-refractivity contribution is 5.78. The zero-order valence-corrected chi connectivity index (χ0v) is 13.2. The molecule has 124 valence electrons. The van der Waals surface area contributed by atoms with Gasteiger partial charge in [0.1, 0.15) is 0 Å². The van der Waals surface area contributed by atoms with E-state index in [-0.39, 0.29) is 23.5 Å². The molecule has 1 amide bonds. The summed E-state index contributed by atoms with van der Waals surface area (Å²) < 4.78 is 5.94. The molecule has 1 saturated heterocycles. The van der Waals surface area contributed by atoms with Crippen LogP contribution in [0.3, 0.4) is 0 Å². The van der Waals surface area contributed by atoms with Crippen LogP contribution in [0.2, 0.25) is 0 Å². The molecule has 0 bridgehead atoms. The summed E-state index contributed by atoms with van der Waals surface area (Å²) in [6.07, 6.45) is 4.64. The molecular formula is C16H21N3O4. The fraction of sp³-hybridized carbons (Fsp3) is 0.562. The van der Waals surface area contributed by atoms with E-state index in [1.54, 1.807) is 4.90 Å². The minimum absolute atomic E-state index is 0.0536. The van der Waals surface area contributed by atoms with Gasteiger partial charge < -0.3 is 9.64 Å². The molecular weight excluding hydrogens is 298 g/mol. The number of hydrogen-bond donors (Lipinski definition) is 2. The molecule has 0 aliphatic carbocycles. The van der Waals surface area contributed by atoms with Crippen LogP contribution in [0.15, 0.2) is 27.3 Å². The van der Waals surface area contributed by atoms with Crippen molar-refractivity contribution in [2.75, 3.05) is 19.7 Å². The first-order chi connectivity index (χ1) is 11.0. The summed E-state index contributed by atoms with van der Waals surface area (Å²) in [5, 5.41) is 4.43. The molecule has 0 saturated carbocycles. The number of piperidine rings is 1. The number of H-pyrrole nitrogens is 2. The van der Waals surface area contributed by atoms with Gasteiger partial charge in [0.05, 0.1) is 18.6 Å². The zero-order valence-electron chi connectivity index (χ0n) is 13.2. The van der Waals surface area contributed by atoms with Crippen LogP contribution in [0.5, 0.6) is 0 Å². The maximum Gasteiger partial charge on any atom is 0.266 e. The van der Waals surface area contributed by atoms with Crippen molar-refractivity contribution in [3.8, 4) is 0 Å². The fourth-order valence-electron chi connectivity index (χ4n) is 3.27. The Balaban J connectivity index is 1.64. The Bertz CT molecular complexity index is 738. The molecule has 1 fully saturated rings. The van der Waals surface area contributed by atoms with Crippen LogP contribution in [0, 0.1) is 0 Å². The third-order valence-corrected chi connectivity index (χ3v) is 4.60. The van der Waals surface area contributed by atoms with Crippen molar-refractivity contribution in [1.82, 2.24) is 15.1 Å². The van der Waals surface area contributed by atoms with Crippen LogP contribution in [0.25, 0.3) is 0 Å². The van der Waals surface area contributed by atoms with E-state index in [0.29, 0.717) is 13.1 Å². The van der Waals surface area contributed by atoms with Crippen LogP contribution in [-0.2, 0) is 16.0 Å². The summed E-state index contributed by atoms with van der Waals surface area (Å²) in [7, 11) is 0. The second-order valence-electron chi connectivity index (χ2n) is 6.32. The molecule has 1 aromatic rings. The average Bonchev–Trinajstić information content (AvgIpc) is 2.51. The first kappa shape index (κ1) is 15.7. The summed E-state index contributed by atoms with van der Waals surface area (Å²) in [4.78, 5) is 37.0. The van der Waals surface area contributed by atoms with Gasteiger partial charge in [-0.15, -0.1) is 0 Å². The van der Waals surface area contributed by atoms with Gasteiger partial charge in [-0.2, -0.15) is 0 Å². The molecule has 7 nitrogen and oxygen atoms in total. The predicted molar refractivity (Wildman–Crippen MR) is 84.3 cm³/mol. The third kappa shape index (κ3) is 3.44. The highest BCUT2D eigenvalue weighted by atomic mass is 16.5. The standard InChI is InChI=1S/C16H21N3O4/c1-11-2-7-23-16(10-11)3-5-19(6-4-16)14(21)9-12-8-13(20)17-18-15(12)22/h8,10H,2-7,9H2,1H3,(H,17,20)(H,18,22). The van der Waals surface area contributed by atoms with Crippen molar-refractivity contribution in [3.05, 3.63) is 44.0 Å². The molecule has 2 aliphatic heterocycles. The maximum atomic E-state index is 12.4. The molecule has 0 unspecified atom stereocenters. The third-order valence-electron chi connectivity index (χ3n) is 4.60. The van der Waals surface area contributed by atoms with Crippen molar-refractivity contribution in [1.29, 1.82) is 0 Å². The summed E-state index contributed by atoms with van der Waals surface area (Å²) in [6, 6.07) is 1.18. The minimum Gasteiger partial charge on any atom is -0.370 e. The Kier molecular flexibility index (Phi) is 4.21. The van der Waals surface area contributed by atoms with Gasteiger partial charge in [0, 0.05) is 24.7 Å². The molecule has 0 radical (unpaired) electrons. The van der Waals surface area contributed by atoms with E-state index in [1.165, 1.54) is 11.6 Å². The number of carbonyl (C=O) groups excluding carboxylic acids is 1. The lowest BCUT2D eigenvalue weighted by Gasteiger charge is -2.42. The topological polar surface area (TPSA) is 95.3 Å². The summed E-state index contributed by atoms with van der Waals surface area (Å²) in [5.74, 6) is -0.132. The largest absolute Gasteiger partial charge is 0.370 e. The summed E-state index contributed by atoms with van der Waals surface area (Å²) in [6.45, 7) is 4.05. The Morgan fingerprint density at radius 2 is 2.04 bits per heavy atom. The average molecular weight is 319 g/mol. The van der Waals surface area contributed by atoms with E-state index in [0.717, 1.165) is 25.9 Å². The van der Waals surface area contributed by atoms with Crippen LogP contribution >= 0.6 is 0 Å². The highest BCUT2D eigenvalue weighted by Gasteiger charge is 2.36. The van der Waals surface area contributed by atoms with Gasteiger partial charge in [-0.05, 0) is 26.2 Å². The second kappa shape index (κ2) is 6.16. The minimum atomic E-state index is -0.430. The predicted octanol–water partition coefficient (Wildman–Crippen LogP) is 0.333. The van der Waals surface area contributed by atoms with Gasteiger partial charge in [0.2, 0.25) is 5.91 Å². The summed E-state index contributed by atoms with van der Waals surface area (Å²) in [5.41, 5.74) is 0.456. The van der Waals surface area contributed by atoms with Gasteiger partial charge in [-0.1, -0.05) is 11.6 Å². The summed E-state index contributed by atoms with van der Waals surface area (Å²) >= 11 is 0. The highest BCUT2D eigenvalue weighted by Crippen LogP contribution is 2.33. The lowest BCUT2D eigenvalue weighted by Crippen LogP contribution is -2.49. The van der Waals surface area contributed by atoms with Crippen molar-refractivity contribution in [3.63, 3.8) is 0 Å². The molecule has 2 aliphatic rings. The van der Waals surface area contributed by atoms with Crippen molar-refractivity contribution in [2.45, 2.75) is 38.2 Å². The number of hydrogen-bond acceptors (Lipinski definition) is 4. The number of amides is 1. The number of nitrogens with zero attached hydrogens (tertiary/aromatic N) is 1. The number of likely N-dealkylation sites (tertiary alicyclic amines) is 1. The molecule has 0 atom stereocenters. The fourth-order valence-corrected chi connectivity index (χ4v) is 3.27. The lowest BCUT2D eigenvalue weighted by molar-refractivity contribution is -0.135. The lowest BCUT2D eigenvalue weighted by atomic mass is 9.87. The normalized spacial score (nSPS) is 20.4. The zero-order chi connectivity index (χ0) is 16.4. The number of aromatic amines is 2. The van der Waals surface area contributed by atoms with E-state index >= 15 is 0 Å². The van der Waals surface area contributed by atoms with Gasteiger partial charge in [0.25, 0.3) is 11.1 Å². The Morgan fingerprint density at radius 3 is 2.74 bits per heavy atom. The van der Waals surface area contributed by atoms with Crippen molar-refractivity contribution in [2.24, 2.45) is 0 Å². The van der Waals surface area contributed by atoms with Crippen molar-refractivity contribution >= 4 is 5.91 Å². The monoisotopic (exact) mass is 319 g/mol. The maximum absolute atomic E-state index is 12.4. The number of carbonyl (C=O) groups is 1. The SMILES string of the molecule is CC1=CC2(CCN(C(=O)Cc3cc(=O)[nH][nH]c3=O)CC2)OCC1. The van der Waals surface area contributed by atoms with Gasteiger partial charge in [0.15, 0.2) is 0 Å². The molecule has 3 heterocycles. The van der Waals surface area contributed by atoms with Gasteiger partial charge in [-0.25, -0.2) is 0 Å². The molecule has 23 heavy (non-hydrogen) atoms. The molecule has 1 aromatic heterocycles. The number of rotatable bonds is 2. The Morgan fingerprint density at radius 1 is 1.30 bits per heavy atom. The van der Waals surface area contributed by atoms with E-state index in [9.17, 15) is 14.4 Å². The molecule has 2 N–H and O–H groups in total. The smallest absolute Gasteiger partial charge is 0.266 e. The van der Waals surface area contributed by atoms with Crippen LogP contribution < -0.4 is 11.1 Å². The Hall–Kier alpha value is -2.15. The van der Waals surface area contributed by atoms with Crippen LogP contribution in [-0.4, -0.2) is 46.3 Å². The van der Waals surface area contributed by atoms with Gasteiger partial charge in [-0.3, -0.25) is 24.6 Å². The second-order valence-corrected chi connectivity index (χ2v) is 6.32. The van der Waals surface area contributed by atoms with E-state index in [4.69, 9.17) is 4.74 Å². The molecule has 7 heteroatoms. The Labute approximate surface area is 133 Å². The number of nitrogens with one attached hydrogen (secondary N) is 2. The first-order valence-electron chi connectivity index (χ1n) is 7.88. The van der Waals surface area contributed by atoms with Gasteiger partial charge >= 0.3 is 0 Å². The van der Waals surface area contributed by atoms with Crippen molar-refractivity contribution < 1.29 is 9.53 Å². The first-order valence-corrected chi connectivity index (χ1v) is 7.88.